The molecule has 82 valence electrons. The molecule has 1 rings (SSSR count). The normalized spacial score (nSPS) is 19.2. The lowest BCUT2D eigenvalue weighted by atomic mass is 10.0. The van der Waals surface area contributed by atoms with Gasteiger partial charge in [-0.25, -0.2) is 13.1 Å². The van der Waals surface area contributed by atoms with Crippen molar-refractivity contribution in [2.75, 3.05) is 18.9 Å². The van der Waals surface area contributed by atoms with Gasteiger partial charge >= 0.3 is 0 Å². The van der Waals surface area contributed by atoms with Crippen LogP contribution in [0.15, 0.2) is 12.7 Å². The van der Waals surface area contributed by atoms with Crippen LogP contribution >= 0.6 is 0 Å². The summed E-state index contributed by atoms with van der Waals surface area (Å²) >= 11 is 0. The molecule has 1 aliphatic rings. The molecule has 14 heavy (non-hydrogen) atoms. The van der Waals surface area contributed by atoms with Gasteiger partial charge in [0.2, 0.25) is 10.0 Å². The van der Waals surface area contributed by atoms with E-state index in [4.69, 9.17) is 5.11 Å². The van der Waals surface area contributed by atoms with E-state index in [2.05, 4.69) is 11.3 Å². The minimum atomic E-state index is -3.19. The molecule has 4 nitrogen and oxygen atoms in total. The van der Waals surface area contributed by atoms with Gasteiger partial charge in [-0.3, -0.25) is 0 Å². The SMILES string of the molecule is C=CCS(=O)(=O)NCC1(CCO)CC1. The molecular weight excluding hydrogens is 202 g/mol. The van der Waals surface area contributed by atoms with Crippen LogP contribution in [0.5, 0.6) is 0 Å². The van der Waals surface area contributed by atoms with Crippen molar-refractivity contribution >= 4 is 10.0 Å². The topological polar surface area (TPSA) is 66.4 Å². The second-order valence-corrected chi connectivity index (χ2v) is 5.72. The zero-order valence-corrected chi connectivity index (χ0v) is 9.02. The Kier molecular flexibility index (Phi) is 3.69. The van der Waals surface area contributed by atoms with Gasteiger partial charge in [-0.1, -0.05) is 6.08 Å². The second kappa shape index (κ2) is 4.42. The first-order chi connectivity index (χ1) is 6.54. The van der Waals surface area contributed by atoms with E-state index < -0.39 is 10.0 Å². The van der Waals surface area contributed by atoms with Crippen molar-refractivity contribution in [3.05, 3.63) is 12.7 Å². The Hall–Kier alpha value is -0.390. The molecule has 0 unspecified atom stereocenters. The molecule has 1 fully saturated rings. The van der Waals surface area contributed by atoms with E-state index in [1.54, 1.807) is 0 Å². The Bertz CT molecular complexity index is 293. The van der Waals surface area contributed by atoms with Gasteiger partial charge in [-0.15, -0.1) is 6.58 Å². The third kappa shape index (κ3) is 3.40. The largest absolute Gasteiger partial charge is 0.396 e. The van der Waals surface area contributed by atoms with Crippen LogP contribution in [0.4, 0.5) is 0 Å². The van der Waals surface area contributed by atoms with Crippen molar-refractivity contribution in [3.63, 3.8) is 0 Å². The van der Waals surface area contributed by atoms with Crippen molar-refractivity contribution in [2.45, 2.75) is 19.3 Å². The Balaban J connectivity index is 2.36. The van der Waals surface area contributed by atoms with Crippen molar-refractivity contribution in [3.8, 4) is 0 Å². The number of sulfonamides is 1. The molecule has 0 amide bonds. The van der Waals surface area contributed by atoms with E-state index in [0.29, 0.717) is 13.0 Å². The van der Waals surface area contributed by atoms with Gasteiger partial charge in [0, 0.05) is 13.2 Å². The molecule has 5 heteroatoms. The maximum Gasteiger partial charge on any atom is 0.215 e. The summed E-state index contributed by atoms with van der Waals surface area (Å²) in [6.07, 6.45) is 4.06. The molecule has 0 spiro atoms. The van der Waals surface area contributed by atoms with E-state index in [1.165, 1.54) is 6.08 Å². The average molecular weight is 219 g/mol. The fourth-order valence-corrected chi connectivity index (χ4v) is 2.36. The van der Waals surface area contributed by atoms with Gasteiger partial charge in [-0.2, -0.15) is 0 Å². The summed E-state index contributed by atoms with van der Waals surface area (Å²) in [6.45, 7) is 3.96. The summed E-state index contributed by atoms with van der Waals surface area (Å²) in [5.74, 6) is -0.0395. The van der Waals surface area contributed by atoms with Crippen LogP contribution in [0.1, 0.15) is 19.3 Å². The first-order valence-electron chi connectivity index (χ1n) is 4.73. The first kappa shape index (κ1) is 11.7. The van der Waals surface area contributed by atoms with Crippen LogP contribution in [0.25, 0.3) is 0 Å². The van der Waals surface area contributed by atoms with Gasteiger partial charge in [0.1, 0.15) is 0 Å². The van der Waals surface area contributed by atoms with Crippen LogP contribution in [0.3, 0.4) is 0 Å². The molecule has 1 aliphatic carbocycles. The quantitative estimate of drug-likeness (QED) is 0.603. The fraction of sp³-hybridized carbons (Fsp3) is 0.778. The lowest BCUT2D eigenvalue weighted by Crippen LogP contribution is -2.32. The highest BCUT2D eigenvalue weighted by atomic mass is 32.2. The predicted octanol–water partition coefficient (Wildman–Crippen LogP) is 0.254. The van der Waals surface area contributed by atoms with Gasteiger partial charge in [0.15, 0.2) is 0 Å². The third-order valence-electron chi connectivity index (χ3n) is 2.60. The summed E-state index contributed by atoms with van der Waals surface area (Å²) < 4.78 is 25.1. The average Bonchev–Trinajstić information content (AvgIpc) is 2.83. The van der Waals surface area contributed by atoms with Crippen molar-refractivity contribution in [1.29, 1.82) is 0 Å². The van der Waals surface area contributed by atoms with Crippen LogP contribution < -0.4 is 4.72 Å². The predicted molar refractivity (Wildman–Crippen MR) is 55.4 cm³/mol. The fourth-order valence-electron chi connectivity index (χ4n) is 1.41. The maximum absolute atomic E-state index is 11.3. The van der Waals surface area contributed by atoms with Gasteiger partial charge in [0.05, 0.1) is 5.75 Å². The number of nitrogens with one attached hydrogen (secondary N) is 1. The van der Waals surface area contributed by atoms with E-state index in [9.17, 15) is 8.42 Å². The first-order valence-corrected chi connectivity index (χ1v) is 6.38. The maximum atomic E-state index is 11.3. The smallest absolute Gasteiger partial charge is 0.215 e. The highest BCUT2D eigenvalue weighted by Gasteiger charge is 2.42. The molecule has 0 aliphatic heterocycles. The highest BCUT2D eigenvalue weighted by molar-refractivity contribution is 7.89. The minimum absolute atomic E-state index is 0.0307. The summed E-state index contributed by atoms with van der Waals surface area (Å²) in [5, 5.41) is 8.78. The second-order valence-electron chi connectivity index (χ2n) is 3.86. The number of aliphatic hydroxyl groups excluding tert-OH is 1. The molecule has 0 heterocycles. The Morgan fingerprint density at radius 2 is 2.14 bits per heavy atom. The molecule has 0 saturated heterocycles. The number of hydrogen-bond acceptors (Lipinski definition) is 3. The molecule has 0 radical (unpaired) electrons. The van der Waals surface area contributed by atoms with Crippen molar-refractivity contribution < 1.29 is 13.5 Å². The van der Waals surface area contributed by atoms with E-state index >= 15 is 0 Å². The molecule has 0 aromatic heterocycles. The lowest BCUT2D eigenvalue weighted by Gasteiger charge is -2.13. The number of aliphatic hydroxyl groups is 1. The molecular formula is C9H17NO3S. The lowest BCUT2D eigenvalue weighted by molar-refractivity contribution is 0.249. The van der Waals surface area contributed by atoms with Gasteiger partial charge in [0.25, 0.3) is 0 Å². The van der Waals surface area contributed by atoms with Crippen molar-refractivity contribution in [1.82, 2.24) is 4.72 Å². The Morgan fingerprint density at radius 1 is 1.50 bits per heavy atom. The number of hydrogen-bond donors (Lipinski definition) is 2. The van der Waals surface area contributed by atoms with Gasteiger partial charge in [-0.05, 0) is 24.7 Å². The number of rotatable bonds is 7. The molecule has 0 bridgehead atoms. The van der Waals surface area contributed by atoms with E-state index in [-0.39, 0.29) is 17.8 Å². The van der Waals surface area contributed by atoms with E-state index in [0.717, 1.165) is 12.8 Å². The molecule has 1 saturated carbocycles. The van der Waals surface area contributed by atoms with Gasteiger partial charge < -0.3 is 5.11 Å². The van der Waals surface area contributed by atoms with E-state index in [1.807, 2.05) is 0 Å². The molecule has 0 aromatic rings. The molecule has 0 atom stereocenters. The highest BCUT2D eigenvalue weighted by Crippen LogP contribution is 2.47. The summed E-state index contributed by atoms with van der Waals surface area (Å²) in [6, 6.07) is 0. The third-order valence-corrected chi connectivity index (χ3v) is 3.86. The zero-order chi connectivity index (χ0) is 10.7. The van der Waals surface area contributed by atoms with Crippen LogP contribution in [-0.2, 0) is 10.0 Å². The monoisotopic (exact) mass is 219 g/mol. The van der Waals surface area contributed by atoms with Crippen molar-refractivity contribution in [2.24, 2.45) is 5.41 Å². The van der Waals surface area contributed by atoms with Crippen LogP contribution in [0, 0.1) is 5.41 Å². The summed E-state index contributed by atoms with van der Waals surface area (Å²) in [5.41, 5.74) is 0.0307. The molecule has 2 N–H and O–H groups in total. The Morgan fingerprint density at radius 3 is 2.57 bits per heavy atom. The van der Waals surface area contributed by atoms with Crippen LogP contribution in [-0.4, -0.2) is 32.4 Å². The minimum Gasteiger partial charge on any atom is -0.396 e. The summed E-state index contributed by atoms with van der Waals surface area (Å²) in [7, 11) is -3.19. The Labute approximate surface area is 85.1 Å². The summed E-state index contributed by atoms with van der Waals surface area (Å²) in [4.78, 5) is 0. The van der Waals surface area contributed by atoms with Crippen LogP contribution in [0.2, 0.25) is 0 Å². The standard InChI is InChI=1S/C9H17NO3S/c1-2-7-14(12,13)10-8-9(3-4-9)5-6-11/h2,10-11H,1,3-8H2. The molecule has 0 aromatic carbocycles. The zero-order valence-electron chi connectivity index (χ0n) is 8.20.